The fourth-order valence-corrected chi connectivity index (χ4v) is 4.33. The highest BCUT2D eigenvalue weighted by Crippen LogP contribution is 2.55. The van der Waals surface area contributed by atoms with Crippen molar-refractivity contribution >= 4 is 27.6 Å². The molecule has 21 heavy (non-hydrogen) atoms. The molecule has 2 aliphatic rings. The third kappa shape index (κ3) is 3.94. The molecule has 14 heteroatoms. The van der Waals surface area contributed by atoms with Gasteiger partial charge in [0.05, 0.1) is 31.8 Å². The zero-order chi connectivity index (χ0) is 15.7. The summed E-state index contributed by atoms with van der Waals surface area (Å²) in [5.41, 5.74) is 8.81. The normalized spacial score (nSPS) is 39.6. The van der Waals surface area contributed by atoms with Gasteiger partial charge in [-0.1, -0.05) is 0 Å². The summed E-state index contributed by atoms with van der Waals surface area (Å²) in [4.78, 5) is 21.3. The maximum absolute atomic E-state index is 11.9. The lowest BCUT2D eigenvalue weighted by atomic mass is 9.93. The number of primary amides is 2. The molecule has 0 saturated carbocycles. The quantitative estimate of drug-likeness (QED) is 0.489. The third-order valence-corrected chi connectivity index (χ3v) is 5.52. The van der Waals surface area contributed by atoms with Gasteiger partial charge in [-0.05, 0) is 0 Å². The molecule has 0 aromatic carbocycles. The van der Waals surface area contributed by atoms with E-state index in [1.54, 1.807) is 0 Å². The van der Waals surface area contributed by atoms with Crippen LogP contribution in [0.25, 0.3) is 0 Å². The second-order valence-electron chi connectivity index (χ2n) is 4.54. The van der Waals surface area contributed by atoms with Gasteiger partial charge in [-0.2, -0.15) is 0 Å². The number of urea groups is 2. The molecule has 2 heterocycles. The summed E-state index contributed by atoms with van der Waals surface area (Å²) in [6, 6.07) is -2.11. The first-order valence-corrected chi connectivity index (χ1v) is 8.68. The first kappa shape index (κ1) is 16.2. The molecule has 4 amide bonds. The van der Waals surface area contributed by atoms with Gasteiger partial charge in [-0.25, -0.2) is 28.9 Å². The predicted molar refractivity (Wildman–Crippen MR) is 66.9 cm³/mol. The van der Waals surface area contributed by atoms with Crippen molar-refractivity contribution in [2.24, 2.45) is 16.9 Å². The van der Waals surface area contributed by atoms with E-state index in [1.165, 1.54) is 0 Å². The highest BCUT2D eigenvalue weighted by atomic mass is 31.2. The number of carbonyl (C=O) groups excluding carboxylic acids is 2. The van der Waals surface area contributed by atoms with E-state index in [0.29, 0.717) is 0 Å². The average molecular weight is 344 g/mol. The molecule has 2 aliphatic heterocycles. The van der Waals surface area contributed by atoms with Gasteiger partial charge in [0.15, 0.2) is 0 Å². The molecule has 0 unspecified atom stereocenters. The molecule has 120 valence electrons. The molecule has 0 bridgehead atoms. The molecule has 0 aromatic heterocycles. The molecule has 6 N–H and O–H groups in total. The largest absolute Gasteiger partial charge is 0.436 e. The van der Waals surface area contributed by atoms with Crippen molar-refractivity contribution in [3.8, 4) is 0 Å². The average Bonchev–Trinajstić information content (AvgIpc) is 2.35. The maximum Gasteiger partial charge on any atom is 0.436 e. The minimum absolute atomic E-state index is 0.152. The second kappa shape index (κ2) is 5.56. The van der Waals surface area contributed by atoms with E-state index in [0.717, 1.165) is 0 Å². The van der Waals surface area contributed by atoms with E-state index < -0.39 is 33.0 Å². The van der Waals surface area contributed by atoms with Crippen molar-refractivity contribution in [3.63, 3.8) is 0 Å². The van der Waals surface area contributed by atoms with Crippen molar-refractivity contribution in [1.82, 2.24) is 10.2 Å². The lowest BCUT2D eigenvalue weighted by Gasteiger charge is -2.42. The van der Waals surface area contributed by atoms with Crippen LogP contribution < -0.4 is 21.6 Å². The molecule has 0 radical (unpaired) electrons. The summed E-state index contributed by atoms with van der Waals surface area (Å²) in [7, 11) is -7.62. The zero-order valence-corrected chi connectivity index (χ0v) is 12.4. The maximum atomic E-state index is 11.9. The molecular formula is C7H14N4O8P2. The number of rotatable bonds is 2. The van der Waals surface area contributed by atoms with Crippen LogP contribution in [-0.2, 0) is 27.2 Å². The van der Waals surface area contributed by atoms with E-state index >= 15 is 0 Å². The number of carbonyl (C=O) groups is 2. The van der Waals surface area contributed by atoms with Gasteiger partial charge >= 0.3 is 27.6 Å². The molecule has 2 saturated heterocycles. The molecule has 0 atom stereocenters. The van der Waals surface area contributed by atoms with Crippen LogP contribution in [0.15, 0.2) is 0 Å². The third-order valence-electron chi connectivity index (χ3n) is 2.66. The lowest BCUT2D eigenvalue weighted by Crippen LogP contribution is -2.48. The van der Waals surface area contributed by atoms with E-state index in [2.05, 4.69) is 0 Å². The number of nitrogens with two attached hydrogens (primary N) is 2. The minimum Gasteiger partial charge on any atom is -0.351 e. The highest BCUT2D eigenvalue weighted by Gasteiger charge is 2.49. The van der Waals surface area contributed by atoms with Gasteiger partial charge in [0, 0.05) is 0 Å². The fourth-order valence-electron chi connectivity index (χ4n) is 1.61. The van der Waals surface area contributed by atoms with E-state index in [4.69, 9.17) is 29.6 Å². The monoisotopic (exact) mass is 344 g/mol. The Morgan fingerprint density at radius 3 is 1.33 bits per heavy atom. The van der Waals surface area contributed by atoms with Crippen LogP contribution in [-0.4, -0.2) is 38.5 Å². The zero-order valence-electron chi connectivity index (χ0n) is 10.6. The molecule has 0 aliphatic carbocycles. The van der Waals surface area contributed by atoms with Crippen LogP contribution in [0.5, 0.6) is 0 Å². The summed E-state index contributed by atoms with van der Waals surface area (Å²) in [6.07, 6.45) is 0. The summed E-state index contributed by atoms with van der Waals surface area (Å²) in [5, 5.41) is 3.72. The summed E-state index contributed by atoms with van der Waals surface area (Å²) < 4.78 is 43.7. The molecule has 1 spiro atoms. The van der Waals surface area contributed by atoms with E-state index in [1.807, 2.05) is 10.2 Å². The SMILES string of the molecule is NC(=O)NP1(=O)OCC2(CO1)COP(=O)(NC(N)=O)OC2. The number of hydrogen-bond donors (Lipinski definition) is 4. The molecule has 2 rings (SSSR count). The van der Waals surface area contributed by atoms with Gasteiger partial charge in [-0.15, -0.1) is 0 Å². The minimum atomic E-state index is -3.81. The van der Waals surface area contributed by atoms with Crippen molar-refractivity contribution in [3.05, 3.63) is 0 Å². The van der Waals surface area contributed by atoms with Crippen LogP contribution in [0.1, 0.15) is 0 Å². The smallest absolute Gasteiger partial charge is 0.351 e. The van der Waals surface area contributed by atoms with Gasteiger partial charge < -0.3 is 11.5 Å². The van der Waals surface area contributed by atoms with Crippen molar-refractivity contribution < 1.29 is 36.8 Å². The van der Waals surface area contributed by atoms with Crippen LogP contribution in [0.2, 0.25) is 0 Å². The van der Waals surface area contributed by atoms with E-state index in [-0.39, 0.29) is 26.4 Å². The molecule has 0 aromatic rings. The van der Waals surface area contributed by atoms with Crippen molar-refractivity contribution in [2.45, 2.75) is 0 Å². The fraction of sp³-hybridized carbons (Fsp3) is 0.714. The first-order valence-electron chi connectivity index (χ1n) is 5.60. The van der Waals surface area contributed by atoms with Gasteiger partial charge in [0.1, 0.15) is 0 Å². The lowest BCUT2D eigenvalue weighted by molar-refractivity contribution is -0.0705. The second-order valence-corrected chi connectivity index (χ2v) is 8.01. The van der Waals surface area contributed by atoms with Crippen LogP contribution in [0.4, 0.5) is 9.59 Å². The van der Waals surface area contributed by atoms with Gasteiger partial charge in [0.2, 0.25) is 0 Å². The highest BCUT2D eigenvalue weighted by molar-refractivity contribution is 7.52. The Morgan fingerprint density at radius 1 is 0.810 bits per heavy atom. The van der Waals surface area contributed by atoms with Gasteiger partial charge in [0.25, 0.3) is 0 Å². The Labute approximate surface area is 119 Å². The molecular weight excluding hydrogens is 330 g/mol. The number of hydrogen-bond acceptors (Lipinski definition) is 8. The first-order chi connectivity index (χ1) is 9.66. The van der Waals surface area contributed by atoms with Crippen LogP contribution in [0.3, 0.4) is 0 Å². The Kier molecular flexibility index (Phi) is 4.29. The Morgan fingerprint density at radius 2 is 1.10 bits per heavy atom. The summed E-state index contributed by atoms with van der Waals surface area (Å²) >= 11 is 0. The van der Waals surface area contributed by atoms with Crippen LogP contribution >= 0.6 is 15.5 Å². The van der Waals surface area contributed by atoms with Crippen molar-refractivity contribution in [2.75, 3.05) is 26.4 Å². The Hall–Kier alpha value is -1.16. The number of nitrogens with one attached hydrogen (secondary N) is 2. The van der Waals surface area contributed by atoms with E-state index in [9.17, 15) is 18.7 Å². The van der Waals surface area contributed by atoms with Gasteiger partial charge in [-0.3, -0.25) is 18.1 Å². The topological polar surface area (TPSA) is 181 Å². The standard InChI is InChI=1S/C7H14N4O8P2/c8-5(12)10-20(14)16-1-7(2-17-20)3-18-21(15,19-4-7)11-6(9)13/h1-4H2,(H3,8,10,12,14)(H3,9,11,13,15). The number of amides is 4. The summed E-state index contributed by atoms with van der Waals surface area (Å²) in [6.45, 7) is -0.607. The Bertz CT molecular complexity index is 477. The summed E-state index contributed by atoms with van der Waals surface area (Å²) in [5.74, 6) is 0. The van der Waals surface area contributed by atoms with Crippen LogP contribution in [0, 0.1) is 5.41 Å². The van der Waals surface area contributed by atoms with Crippen molar-refractivity contribution in [1.29, 1.82) is 0 Å². The molecule has 12 nitrogen and oxygen atoms in total. The predicted octanol–water partition coefficient (Wildman–Crippen LogP) is -0.381. The Balaban J connectivity index is 1.94. The molecule has 2 fully saturated rings.